The molecule has 0 bridgehead atoms. The molecule has 0 aliphatic heterocycles. The van der Waals surface area contributed by atoms with Gasteiger partial charge in [0.2, 0.25) is 11.7 Å². The Bertz CT molecular complexity index is 1230. The Balaban J connectivity index is 1.57. The highest BCUT2D eigenvalue weighted by atomic mass is 32.1. The summed E-state index contributed by atoms with van der Waals surface area (Å²) in [5.41, 5.74) is 1.86. The van der Waals surface area contributed by atoms with E-state index in [1.165, 1.54) is 11.3 Å². The zero-order valence-corrected chi connectivity index (χ0v) is 18.0. The molecule has 156 valence electrons. The van der Waals surface area contributed by atoms with Crippen molar-refractivity contribution in [2.45, 2.75) is 52.1 Å². The molecule has 30 heavy (non-hydrogen) atoms. The van der Waals surface area contributed by atoms with E-state index >= 15 is 0 Å². The first kappa shape index (κ1) is 20.3. The van der Waals surface area contributed by atoms with E-state index in [1.54, 1.807) is 4.57 Å². The summed E-state index contributed by atoms with van der Waals surface area (Å²) in [6.45, 7) is 4.68. The number of aromatic nitrogens is 4. The molecule has 8 heteroatoms. The number of thiophene rings is 1. The van der Waals surface area contributed by atoms with Gasteiger partial charge in [0, 0.05) is 19.4 Å². The highest BCUT2D eigenvalue weighted by Crippen LogP contribution is 2.20. The van der Waals surface area contributed by atoms with E-state index in [0.29, 0.717) is 35.7 Å². The fourth-order valence-corrected chi connectivity index (χ4v) is 4.45. The molecule has 1 amide bonds. The summed E-state index contributed by atoms with van der Waals surface area (Å²) in [5.74, 6) is 1.21. The molecule has 0 saturated heterocycles. The third-order valence-electron chi connectivity index (χ3n) is 5.27. The Morgan fingerprint density at radius 2 is 2.00 bits per heavy atom. The van der Waals surface area contributed by atoms with Crippen molar-refractivity contribution >= 4 is 33.2 Å². The summed E-state index contributed by atoms with van der Waals surface area (Å²) < 4.78 is 4.33. The van der Waals surface area contributed by atoms with Crippen molar-refractivity contribution in [3.63, 3.8) is 0 Å². The third-order valence-corrected chi connectivity index (χ3v) is 6.16. The molecule has 1 aromatic carbocycles. The molecular formula is C22H25N5O2S. The molecule has 7 nitrogen and oxygen atoms in total. The van der Waals surface area contributed by atoms with E-state index < -0.39 is 0 Å². The van der Waals surface area contributed by atoms with Crippen LogP contribution < -0.4 is 10.9 Å². The van der Waals surface area contributed by atoms with Crippen LogP contribution in [0.25, 0.3) is 16.0 Å². The van der Waals surface area contributed by atoms with Crippen molar-refractivity contribution in [1.82, 2.24) is 24.5 Å². The summed E-state index contributed by atoms with van der Waals surface area (Å²) in [5, 5.41) is 13.6. The number of nitrogens with one attached hydrogen (secondary N) is 1. The molecule has 3 aromatic heterocycles. The van der Waals surface area contributed by atoms with Crippen LogP contribution in [0.15, 0.2) is 46.6 Å². The Hall–Kier alpha value is -3.00. The molecule has 0 aliphatic carbocycles. The topological polar surface area (TPSA) is 81.3 Å². The minimum absolute atomic E-state index is 0.0191. The molecule has 4 aromatic rings. The quantitative estimate of drug-likeness (QED) is 0.468. The second-order valence-electron chi connectivity index (χ2n) is 7.40. The average Bonchev–Trinajstić information content (AvgIpc) is 3.40. The fourth-order valence-electron chi connectivity index (χ4n) is 3.62. The van der Waals surface area contributed by atoms with E-state index in [4.69, 9.17) is 0 Å². The molecule has 1 atom stereocenters. The molecule has 0 radical (unpaired) electrons. The molecule has 4 rings (SSSR count). The number of carbonyl (C=O) groups excluding carboxylic acids is 1. The van der Waals surface area contributed by atoms with Crippen molar-refractivity contribution in [3.8, 4) is 0 Å². The molecule has 0 saturated carbocycles. The number of carbonyl (C=O) groups is 1. The number of hydrogen-bond donors (Lipinski definition) is 1. The van der Waals surface area contributed by atoms with Crippen LogP contribution in [0.1, 0.15) is 50.5 Å². The number of unbranched alkanes of at least 4 members (excludes halogenated alkanes) is 1. The van der Waals surface area contributed by atoms with E-state index in [2.05, 4.69) is 22.4 Å². The van der Waals surface area contributed by atoms with Gasteiger partial charge in [-0.3, -0.25) is 18.6 Å². The lowest BCUT2D eigenvalue weighted by atomic mass is 10.1. The van der Waals surface area contributed by atoms with E-state index in [0.717, 1.165) is 23.9 Å². The molecular weight excluding hydrogens is 398 g/mol. The summed E-state index contributed by atoms with van der Waals surface area (Å²) in [7, 11) is 0. The predicted molar refractivity (Wildman–Crippen MR) is 119 cm³/mol. The zero-order valence-electron chi connectivity index (χ0n) is 17.2. The van der Waals surface area contributed by atoms with E-state index in [1.807, 2.05) is 53.1 Å². The number of aryl methyl sites for hydroxylation is 2. The summed E-state index contributed by atoms with van der Waals surface area (Å²) in [4.78, 5) is 25.4. The van der Waals surface area contributed by atoms with Crippen molar-refractivity contribution < 1.29 is 4.79 Å². The van der Waals surface area contributed by atoms with Crippen LogP contribution in [-0.4, -0.2) is 25.1 Å². The molecule has 1 N–H and O–H groups in total. The number of fused-ring (bicyclic) bond motifs is 3. The van der Waals surface area contributed by atoms with Gasteiger partial charge in [-0.25, -0.2) is 0 Å². The highest BCUT2D eigenvalue weighted by molar-refractivity contribution is 7.17. The van der Waals surface area contributed by atoms with Gasteiger partial charge in [0.15, 0.2) is 0 Å². The van der Waals surface area contributed by atoms with Gasteiger partial charge < -0.3 is 5.32 Å². The lowest BCUT2D eigenvalue weighted by Crippen LogP contribution is -2.27. The minimum Gasteiger partial charge on any atom is -0.350 e. The smallest absolute Gasteiger partial charge is 0.272 e. The maximum Gasteiger partial charge on any atom is 0.272 e. The van der Waals surface area contributed by atoms with Crippen molar-refractivity contribution in [2.75, 3.05) is 0 Å². The first-order valence-electron chi connectivity index (χ1n) is 10.3. The van der Waals surface area contributed by atoms with Gasteiger partial charge in [-0.05, 0) is 30.4 Å². The fraction of sp³-hybridized carbons (Fsp3) is 0.364. The van der Waals surface area contributed by atoms with Crippen molar-refractivity contribution in [1.29, 1.82) is 0 Å². The minimum atomic E-state index is -0.0587. The number of rotatable bonds is 8. The van der Waals surface area contributed by atoms with Gasteiger partial charge in [0.1, 0.15) is 10.5 Å². The van der Waals surface area contributed by atoms with E-state index in [-0.39, 0.29) is 17.5 Å². The molecule has 0 aliphatic rings. The maximum atomic E-state index is 12.9. The monoisotopic (exact) mass is 423 g/mol. The maximum absolute atomic E-state index is 12.9. The first-order valence-corrected chi connectivity index (χ1v) is 11.2. The van der Waals surface area contributed by atoms with Gasteiger partial charge in [-0.1, -0.05) is 43.7 Å². The van der Waals surface area contributed by atoms with E-state index in [9.17, 15) is 9.59 Å². The number of nitrogens with zero attached hydrogens (tertiary/aromatic N) is 4. The third kappa shape index (κ3) is 3.87. The summed E-state index contributed by atoms with van der Waals surface area (Å²) in [6.07, 6.45) is 2.64. The van der Waals surface area contributed by atoms with Crippen LogP contribution >= 0.6 is 11.3 Å². The Kier molecular flexibility index (Phi) is 5.94. The Labute approximate surface area is 178 Å². The highest BCUT2D eigenvalue weighted by Gasteiger charge is 2.18. The van der Waals surface area contributed by atoms with Crippen molar-refractivity contribution in [3.05, 3.63) is 63.5 Å². The largest absolute Gasteiger partial charge is 0.350 e. The van der Waals surface area contributed by atoms with Crippen LogP contribution in [-0.2, 0) is 17.8 Å². The Morgan fingerprint density at radius 3 is 2.77 bits per heavy atom. The van der Waals surface area contributed by atoms with Crippen LogP contribution in [0.5, 0.6) is 0 Å². The summed E-state index contributed by atoms with van der Waals surface area (Å²) in [6, 6.07) is 11.7. The second-order valence-corrected chi connectivity index (χ2v) is 8.31. The normalized spacial score (nSPS) is 12.5. The van der Waals surface area contributed by atoms with Gasteiger partial charge in [-0.2, -0.15) is 0 Å². The SMILES string of the molecule is CCCCn1c(=O)c2sccc2n2c(CCC(=O)NC(C)c3ccccc3)nnc12. The predicted octanol–water partition coefficient (Wildman–Crippen LogP) is 3.72. The second kappa shape index (κ2) is 8.79. The number of amides is 1. The van der Waals surface area contributed by atoms with Crippen LogP contribution in [0, 0.1) is 0 Å². The van der Waals surface area contributed by atoms with Crippen molar-refractivity contribution in [2.24, 2.45) is 0 Å². The molecule has 1 unspecified atom stereocenters. The van der Waals surface area contributed by atoms with Gasteiger partial charge in [0.05, 0.1) is 11.6 Å². The standard InChI is InChI=1S/C22H25N5O2S/c1-3-4-13-26-21(29)20-17(12-14-30-20)27-18(24-25-22(26)27)10-11-19(28)23-15(2)16-8-6-5-7-9-16/h5-9,12,14-15H,3-4,10-11,13H2,1-2H3,(H,23,28). The lowest BCUT2D eigenvalue weighted by Gasteiger charge is -2.14. The average molecular weight is 424 g/mol. The molecule has 0 spiro atoms. The van der Waals surface area contributed by atoms with Gasteiger partial charge >= 0.3 is 0 Å². The van der Waals surface area contributed by atoms with Crippen LogP contribution in [0.4, 0.5) is 0 Å². The van der Waals surface area contributed by atoms with Gasteiger partial charge in [-0.15, -0.1) is 21.5 Å². The molecule has 3 heterocycles. The molecule has 0 fully saturated rings. The zero-order chi connectivity index (χ0) is 21.1. The number of benzene rings is 1. The lowest BCUT2D eigenvalue weighted by molar-refractivity contribution is -0.121. The van der Waals surface area contributed by atoms with Crippen LogP contribution in [0.3, 0.4) is 0 Å². The number of hydrogen-bond acceptors (Lipinski definition) is 5. The first-order chi connectivity index (χ1) is 14.6. The summed E-state index contributed by atoms with van der Waals surface area (Å²) >= 11 is 1.43. The Morgan fingerprint density at radius 1 is 1.20 bits per heavy atom. The van der Waals surface area contributed by atoms with Crippen LogP contribution in [0.2, 0.25) is 0 Å². The van der Waals surface area contributed by atoms with Gasteiger partial charge in [0.25, 0.3) is 5.56 Å².